The lowest BCUT2D eigenvalue weighted by atomic mass is 10.0. The van der Waals surface area contributed by atoms with E-state index in [1.54, 1.807) is 0 Å². The SMILES string of the molecule is CCCCc1nc(Cl)c(CN2CCc3c(nc(N4CCC[C@H](C)C4)[nH]c3=O)C2)[nH]1. The average molecular weight is 419 g/mol. The van der Waals surface area contributed by atoms with Crippen LogP contribution in [0.3, 0.4) is 0 Å². The van der Waals surface area contributed by atoms with E-state index in [1.165, 1.54) is 6.42 Å². The minimum Gasteiger partial charge on any atom is -0.344 e. The van der Waals surface area contributed by atoms with E-state index in [2.05, 4.69) is 38.6 Å². The Labute approximate surface area is 176 Å². The van der Waals surface area contributed by atoms with Crippen molar-refractivity contribution < 1.29 is 0 Å². The molecule has 2 N–H and O–H groups in total. The van der Waals surface area contributed by atoms with E-state index < -0.39 is 0 Å². The van der Waals surface area contributed by atoms with E-state index >= 15 is 0 Å². The fourth-order valence-corrected chi connectivity index (χ4v) is 4.59. The maximum absolute atomic E-state index is 12.7. The lowest BCUT2D eigenvalue weighted by Crippen LogP contribution is -2.39. The molecule has 2 aromatic heterocycles. The summed E-state index contributed by atoms with van der Waals surface area (Å²) < 4.78 is 0. The van der Waals surface area contributed by atoms with Gasteiger partial charge in [-0.05, 0) is 31.6 Å². The van der Waals surface area contributed by atoms with Gasteiger partial charge in [-0.1, -0.05) is 31.9 Å². The van der Waals surface area contributed by atoms with Crippen LogP contribution in [0, 0.1) is 5.92 Å². The molecule has 0 unspecified atom stereocenters. The number of aromatic nitrogens is 4. The summed E-state index contributed by atoms with van der Waals surface area (Å²) in [7, 11) is 0. The first-order chi connectivity index (χ1) is 14.0. The number of hydrogen-bond acceptors (Lipinski definition) is 5. The third-order valence-electron chi connectivity index (χ3n) is 6.02. The summed E-state index contributed by atoms with van der Waals surface area (Å²) in [6.07, 6.45) is 6.26. The van der Waals surface area contributed by atoms with Crippen molar-refractivity contribution in [3.63, 3.8) is 0 Å². The number of aryl methyl sites for hydroxylation is 1. The fraction of sp³-hybridized carbons (Fsp3) is 0.667. The van der Waals surface area contributed by atoms with Crippen LogP contribution in [-0.2, 0) is 25.9 Å². The molecule has 0 spiro atoms. The Morgan fingerprint density at radius 1 is 1.24 bits per heavy atom. The lowest BCUT2D eigenvalue weighted by Gasteiger charge is -2.33. The van der Waals surface area contributed by atoms with Gasteiger partial charge in [0.05, 0.1) is 11.4 Å². The Hall–Kier alpha value is -1.86. The van der Waals surface area contributed by atoms with Gasteiger partial charge < -0.3 is 9.88 Å². The Balaban J connectivity index is 1.49. The van der Waals surface area contributed by atoms with Crippen LogP contribution in [-0.4, -0.2) is 44.5 Å². The van der Waals surface area contributed by atoms with E-state index in [4.69, 9.17) is 16.6 Å². The number of aromatic amines is 2. The second-order valence-corrected chi connectivity index (χ2v) is 8.88. The number of H-pyrrole nitrogens is 2. The van der Waals surface area contributed by atoms with Gasteiger partial charge in [0, 0.05) is 44.7 Å². The number of nitrogens with zero attached hydrogens (tertiary/aromatic N) is 4. The van der Waals surface area contributed by atoms with Gasteiger partial charge in [-0.15, -0.1) is 0 Å². The highest BCUT2D eigenvalue weighted by molar-refractivity contribution is 6.30. The average Bonchev–Trinajstić information content (AvgIpc) is 3.05. The van der Waals surface area contributed by atoms with Crippen molar-refractivity contribution in [3.05, 3.63) is 38.3 Å². The van der Waals surface area contributed by atoms with Crippen LogP contribution in [0.1, 0.15) is 62.3 Å². The van der Waals surface area contributed by atoms with Gasteiger partial charge >= 0.3 is 0 Å². The van der Waals surface area contributed by atoms with Crippen molar-refractivity contribution in [2.45, 2.75) is 65.5 Å². The molecule has 1 saturated heterocycles. The molecule has 1 atom stereocenters. The first-order valence-electron chi connectivity index (χ1n) is 10.9. The molecule has 2 aliphatic rings. The number of fused-ring (bicyclic) bond motifs is 1. The second-order valence-electron chi connectivity index (χ2n) is 8.53. The Kier molecular flexibility index (Phi) is 6.25. The van der Waals surface area contributed by atoms with Crippen molar-refractivity contribution >= 4 is 17.5 Å². The van der Waals surface area contributed by atoms with Gasteiger partial charge in [0.2, 0.25) is 5.95 Å². The predicted molar refractivity (Wildman–Crippen MR) is 115 cm³/mol. The number of anilines is 1. The van der Waals surface area contributed by atoms with Crippen molar-refractivity contribution in [1.29, 1.82) is 0 Å². The number of halogens is 1. The summed E-state index contributed by atoms with van der Waals surface area (Å²) in [5.41, 5.74) is 2.70. The molecular formula is C21H31ClN6O. The standard InChI is InChI=1S/C21H31ClN6O/c1-3-4-7-18-23-17(19(22)25-18)13-27-10-8-15-16(12-27)24-21(26-20(15)29)28-9-5-6-14(2)11-28/h14H,3-13H2,1-2H3,(H,23,25)(H,24,26,29)/t14-/m0/s1. The molecule has 0 radical (unpaired) electrons. The molecule has 0 amide bonds. The maximum Gasteiger partial charge on any atom is 0.255 e. The van der Waals surface area contributed by atoms with Crippen LogP contribution < -0.4 is 10.5 Å². The highest BCUT2D eigenvalue weighted by Gasteiger charge is 2.25. The minimum atomic E-state index is 0.0179. The monoisotopic (exact) mass is 418 g/mol. The maximum atomic E-state index is 12.7. The van der Waals surface area contributed by atoms with Crippen LogP contribution in [0.5, 0.6) is 0 Å². The molecule has 1 fully saturated rings. The van der Waals surface area contributed by atoms with Gasteiger partial charge in [-0.25, -0.2) is 9.97 Å². The molecule has 2 aliphatic heterocycles. The number of imidazole rings is 1. The van der Waals surface area contributed by atoms with Crippen molar-refractivity contribution in [2.75, 3.05) is 24.5 Å². The van der Waals surface area contributed by atoms with Crippen LogP contribution in [0.4, 0.5) is 5.95 Å². The molecule has 158 valence electrons. The molecule has 4 rings (SSSR count). The second kappa shape index (κ2) is 8.88. The fourth-order valence-electron chi connectivity index (χ4n) is 4.38. The van der Waals surface area contributed by atoms with Crippen molar-refractivity contribution in [3.8, 4) is 0 Å². The molecular weight excluding hydrogens is 388 g/mol. The molecule has 7 nitrogen and oxygen atoms in total. The van der Waals surface area contributed by atoms with Gasteiger partial charge in [0.25, 0.3) is 5.56 Å². The number of unbranched alkanes of at least 4 members (excludes halogenated alkanes) is 1. The van der Waals surface area contributed by atoms with E-state index in [0.717, 1.165) is 74.0 Å². The highest BCUT2D eigenvalue weighted by Crippen LogP contribution is 2.23. The molecule has 4 heterocycles. The third kappa shape index (κ3) is 4.67. The van der Waals surface area contributed by atoms with Gasteiger partial charge in [-0.3, -0.25) is 14.7 Å². The normalized spacial score (nSPS) is 20.1. The number of nitrogens with one attached hydrogen (secondary N) is 2. The molecule has 0 aromatic carbocycles. The molecule has 29 heavy (non-hydrogen) atoms. The summed E-state index contributed by atoms with van der Waals surface area (Å²) in [5.74, 6) is 2.31. The number of piperidine rings is 1. The molecule has 2 aromatic rings. The zero-order valence-corrected chi connectivity index (χ0v) is 18.2. The van der Waals surface area contributed by atoms with Crippen LogP contribution in [0.25, 0.3) is 0 Å². The minimum absolute atomic E-state index is 0.0179. The molecule has 0 bridgehead atoms. The summed E-state index contributed by atoms with van der Waals surface area (Å²) in [6, 6.07) is 0. The van der Waals surface area contributed by atoms with E-state index in [-0.39, 0.29) is 5.56 Å². The summed E-state index contributed by atoms with van der Waals surface area (Å²) in [5, 5.41) is 0.559. The third-order valence-corrected chi connectivity index (χ3v) is 6.34. The van der Waals surface area contributed by atoms with Crippen molar-refractivity contribution in [2.24, 2.45) is 5.92 Å². The van der Waals surface area contributed by atoms with E-state index in [9.17, 15) is 4.79 Å². The Morgan fingerprint density at radius 2 is 2.10 bits per heavy atom. The van der Waals surface area contributed by atoms with Crippen LogP contribution in [0.2, 0.25) is 5.15 Å². The molecule has 0 aliphatic carbocycles. The Morgan fingerprint density at radius 3 is 2.90 bits per heavy atom. The zero-order valence-electron chi connectivity index (χ0n) is 17.4. The molecule has 0 saturated carbocycles. The molecule has 8 heteroatoms. The first kappa shape index (κ1) is 20.4. The highest BCUT2D eigenvalue weighted by atomic mass is 35.5. The van der Waals surface area contributed by atoms with Crippen LogP contribution in [0.15, 0.2) is 4.79 Å². The lowest BCUT2D eigenvalue weighted by molar-refractivity contribution is 0.238. The summed E-state index contributed by atoms with van der Waals surface area (Å²) in [6.45, 7) is 8.52. The largest absolute Gasteiger partial charge is 0.344 e. The van der Waals surface area contributed by atoms with E-state index in [0.29, 0.717) is 30.6 Å². The predicted octanol–water partition coefficient (Wildman–Crippen LogP) is 3.28. The topological polar surface area (TPSA) is 80.9 Å². The van der Waals surface area contributed by atoms with Crippen molar-refractivity contribution in [1.82, 2.24) is 24.8 Å². The number of hydrogen-bond donors (Lipinski definition) is 2. The zero-order chi connectivity index (χ0) is 20.4. The summed E-state index contributed by atoms with van der Waals surface area (Å²) in [4.78, 5) is 32.9. The van der Waals surface area contributed by atoms with Gasteiger partial charge in [-0.2, -0.15) is 0 Å². The summed E-state index contributed by atoms with van der Waals surface area (Å²) >= 11 is 6.36. The number of rotatable bonds is 6. The van der Waals surface area contributed by atoms with Gasteiger partial charge in [0.1, 0.15) is 5.82 Å². The van der Waals surface area contributed by atoms with Crippen LogP contribution >= 0.6 is 11.6 Å². The Bertz CT molecular complexity index is 907. The van der Waals surface area contributed by atoms with Gasteiger partial charge in [0.15, 0.2) is 5.15 Å². The first-order valence-corrected chi connectivity index (χ1v) is 11.2. The quantitative estimate of drug-likeness (QED) is 0.752. The smallest absolute Gasteiger partial charge is 0.255 e. The van der Waals surface area contributed by atoms with E-state index in [1.807, 2.05) is 0 Å².